The number of rotatable bonds is 2. The number of nitro benzene ring substituents is 1. The van der Waals surface area contributed by atoms with Gasteiger partial charge in [0.05, 0.1) is 11.0 Å². The van der Waals surface area contributed by atoms with Crippen LogP contribution >= 0.6 is 22.6 Å². The van der Waals surface area contributed by atoms with E-state index in [-0.39, 0.29) is 5.69 Å². The van der Waals surface area contributed by atoms with Gasteiger partial charge in [-0.3, -0.25) is 10.1 Å². The van der Waals surface area contributed by atoms with Gasteiger partial charge in [0, 0.05) is 9.64 Å². The molecule has 0 saturated carbocycles. The van der Waals surface area contributed by atoms with E-state index in [1.807, 2.05) is 30.3 Å². The fourth-order valence-corrected chi connectivity index (χ4v) is 1.74. The van der Waals surface area contributed by atoms with Gasteiger partial charge in [0.15, 0.2) is 0 Å². The molecule has 0 saturated heterocycles. The molecule has 0 N–H and O–H groups in total. The van der Waals surface area contributed by atoms with Crippen LogP contribution in [0.4, 0.5) is 5.69 Å². The van der Waals surface area contributed by atoms with Crippen LogP contribution in [0.2, 0.25) is 0 Å². The molecule has 0 aliphatic carbocycles. The molecule has 16 heavy (non-hydrogen) atoms. The standard InChI is InChI=1S/C12H7INO2/c13-11-6-4-9(5-7-11)10-2-1-3-12(8-10)14(15)16/h1-2,4-8H. The monoisotopic (exact) mass is 324 g/mol. The summed E-state index contributed by atoms with van der Waals surface area (Å²) in [6.07, 6.45) is 0. The van der Waals surface area contributed by atoms with Gasteiger partial charge in [-0.1, -0.05) is 18.2 Å². The number of benzene rings is 2. The maximum absolute atomic E-state index is 10.6. The Bertz CT molecular complexity index is 523. The number of non-ortho nitro benzene ring substituents is 1. The third-order valence-electron chi connectivity index (χ3n) is 2.16. The smallest absolute Gasteiger partial charge is 0.258 e. The Labute approximate surface area is 106 Å². The molecule has 0 aromatic heterocycles. The summed E-state index contributed by atoms with van der Waals surface area (Å²) in [7, 11) is 0. The van der Waals surface area contributed by atoms with E-state index in [4.69, 9.17) is 0 Å². The van der Waals surface area contributed by atoms with Crippen molar-refractivity contribution in [2.24, 2.45) is 0 Å². The van der Waals surface area contributed by atoms with E-state index in [9.17, 15) is 10.1 Å². The van der Waals surface area contributed by atoms with Crippen molar-refractivity contribution in [2.45, 2.75) is 0 Å². The summed E-state index contributed by atoms with van der Waals surface area (Å²) in [5, 5.41) is 10.6. The van der Waals surface area contributed by atoms with Crippen LogP contribution in [0.25, 0.3) is 11.1 Å². The molecule has 4 heteroatoms. The molecule has 0 spiro atoms. The quantitative estimate of drug-likeness (QED) is 0.481. The van der Waals surface area contributed by atoms with Crippen molar-refractivity contribution in [2.75, 3.05) is 0 Å². The van der Waals surface area contributed by atoms with Gasteiger partial charge in [-0.15, -0.1) is 0 Å². The molecule has 0 aliphatic heterocycles. The van der Waals surface area contributed by atoms with Gasteiger partial charge in [0.1, 0.15) is 0 Å². The van der Waals surface area contributed by atoms with E-state index in [1.54, 1.807) is 6.07 Å². The summed E-state index contributed by atoms with van der Waals surface area (Å²) in [6.45, 7) is 0. The summed E-state index contributed by atoms with van der Waals surface area (Å²) in [5.41, 5.74) is 1.80. The number of hydrogen-bond acceptors (Lipinski definition) is 2. The van der Waals surface area contributed by atoms with E-state index < -0.39 is 4.92 Å². The Kier molecular flexibility index (Phi) is 3.19. The summed E-state index contributed by atoms with van der Waals surface area (Å²) in [5.74, 6) is 0. The summed E-state index contributed by atoms with van der Waals surface area (Å²) in [6, 6.07) is 15.3. The first-order valence-electron chi connectivity index (χ1n) is 4.59. The molecule has 0 fully saturated rings. The highest BCUT2D eigenvalue weighted by Gasteiger charge is 2.07. The summed E-state index contributed by atoms with van der Waals surface area (Å²) < 4.78 is 1.14. The van der Waals surface area contributed by atoms with Crippen molar-refractivity contribution in [3.63, 3.8) is 0 Å². The van der Waals surface area contributed by atoms with Crippen LogP contribution in [0.3, 0.4) is 0 Å². The second-order valence-corrected chi connectivity index (χ2v) is 4.47. The van der Waals surface area contributed by atoms with Crippen LogP contribution in [0.1, 0.15) is 0 Å². The minimum absolute atomic E-state index is 0.00366. The van der Waals surface area contributed by atoms with Crippen molar-refractivity contribution >= 4 is 28.3 Å². The first-order chi connectivity index (χ1) is 7.66. The molecule has 0 aliphatic rings. The first kappa shape index (κ1) is 11.1. The predicted octanol–water partition coefficient (Wildman–Crippen LogP) is 3.67. The molecule has 2 rings (SSSR count). The maximum Gasteiger partial charge on any atom is 0.278 e. The first-order valence-corrected chi connectivity index (χ1v) is 5.67. The fourth-order valence-electron chi connectivity index (χ4n) is 1.38. The average molecular weight is 324 g/mol. The normalized spacial score (nSPS) is 10.1. The van der Waals surface area contributed by atoms with Crippen LogP contribution in [0, 0.1) is 19.8 Å². The van der Waals surface area contributed by atoms with Crippen molar-refractivity contribution in [3.05, 3.63) is 62.2 Å². The van der Waals surface area contributed by atoms with Gasteiger partial charge < -0.3 is 0 Å². The van der Waals surface area contributed by atoms with Crippen molar-refractivity contribution < 1.29 is 4.92 Å². The Morgan fingerprint density at radius 3 is 2.44 bits per heavy atom. The molecular formula is C12H7INO2. The summed E-state index contributed by atoms with van der Waals surface area (Å²) >= 11 is 2.22. The van der Waals surface area contributed by atoms with Gasteiger partial charge in [-0.25, -0.2) is 0 Å². The lowest BCUT2D eigenvalue weighted by atomic mass is 10.1. The minimum atomic E-state index is -0.434. The second-order valence-electron chi connectivity index (χ2n) is 3.23. The number of nitro groups is 1. The maximum atomic E-state index is 10.6. The van der Waals surface area contributed by atoms with Crippen LogP contribution < -0.4 is 0 Å². The number of hydrogen-bond donors (Lipinski definition) is 0. The van der Waals surface area contributed by atoms with E-state index in [0.717, 1.165) is 14.7 Å². The molecule has 0 atom stereocenters. The van der Waals surface area contributed by atoms with Crippen LogP contribution in [0.15, 0.2) is 42.5 Å². The molecule has 1 radical (unpaired) electrons. The molecule has 0 amide bonds. The molecule has 0 bridgehead atoms. The summed E-state index contributed by atoms with van der Waals surface area (Å²) in [4.78, 5) is 10.2. The zero-order chi connectivity index (χ0) is 11.5. The zero-order valence-electron chi connectivity index (χ0n) is 8.18. The van der Waals surface area contributed by atoms with Crippen LogP contribution in [-0.2, 0) is 0 Å². The Hall–Kier alpha value is -1.43. The Morgan fingerprint density at radius 1 is 1.12 bits per heavy atom. The molecular weight excluding hydrogens is 317 g/mol. The number of halogens is 1. The lowest BCUT2D eigenvalue weighted by Gasteiger charge is -2.01. The Morgan fingerprint density at radius 2 is 1.81 bits per heavy atom. The molecule has 79 valence electrons. The molecule has 3 nitrogen and oxygen atoms in total. The molecule has 0 unspecified atom stereocenters. The highest BCUT2D eigenvalue weighted by Crippen LogP contribution is 2.23. The second kappa shape index (κ2) is 4.61. The van der Waals surface area contributed by atoms with E-state index in [0.29, 0.717) is 0 Å². The largest absolute Gasteiger partial charge is 0.278 e. The van der Waals surface area contributed by atoms with Gasteiger partial charge in [-0.05, 0) is 51.9 Å². The third kappa shape index (κ3) is 2.38. The fraction of sp³-hybridized carbons (Fsp3) is 0. The minimum Gasteiger partial charge on any atom is -0.258 e. The van der Waals surface area contributed by atoms with E-state index in [1.165, 1.54) is 6.07 Å². The average Bonchev–Trinajstić information content (AvgIpc) is 2.30. The molecule has 2 aromatic carbocycles. The Balaban J connectivity index is 2.44. The van der Waals surface area contributed by atoms with Gasteiger partial charge in [-0.2, -0.15) is 0 Å². The third-order valence-corrected chi connectivity index (χ3v) is 2.88. The highest BCUT2D eigenvalue weighted by atomic mass is 127. The van der Waals surface area contributed by atoms with Gasteiger partial charge in [0.25, 0.3) is 5.69 Å². The van der Waals surface area contributed by atoms with Gasteiger partial charge >= 0.3 is 0 Å². The van der Waals surface area contributed by atoms with Crippen molar-refractivity contribution in [1.29, 1.82) is 0 Å². The highest BCUT2D eigenvalue weighted by molar-refractivity contribution is 14.1. The lowest BCUT2D eigenvalue weighted by Crippen LogP contribution is -1.88. The van der Waals surface area contributed by atoms with Gasteiger partial charge in [0.2, 0.25) is 0 Å². The van der Waals surface area contributed by atoms with Crippen molar-refractivity contribution in [3.8, 4) is 11.1 Å². The van der Waals surface area contributed by atoms with E-state index in [2.05, 4.69) is 28.7 Å². The van der Waals surface area contributed by atoms with Crippen LogP contribution in [-0.4, -0.2) is 4.92 Å². The van der Waals surface area contributed by atoms with Crippen molar-refractivity contribution in [1.82, 2.24) is 0 Å². The van der Waals surface area contributed by atoms with Crippen LogP contribution in [0.5, 0.6) is 0 Å². The predicted molar refractivity (Wildman–Crippen MR) is 70.1 cm³/mol. The molecule has 0 heterocycles. The molecule has 2 aromatic rings. The van der Waals surface area contributed by atoms with E-state index >= 15 is 0 Å². The SMILES string of the molecule is O=[N+]([O-])c1[c]ccc(-c2ccc(I)cc2)c1. The topological polar surface area (TPSA) is 43.1 Å². The number of nitrogens with zero attached hydrogens (tertiary/aromatic N) is 1. The lowest BCUT2D eigenvalue weighted by molar-refractivity contribution is -0.385. The zero-order valence-corrected chi connectivity index (χ0v) is 10.3.